The molecule has 0 saturated carbocycles. The number of halogens is 2. The van der Waals surface area contributed by atoms with Crippen molar-refractivity contribution in [3.63, 3.8) is 0 Å². The molecule has 1 N–H and O–H groups in total. The second kappa shape index (κ2) is 13.2. The number of hydrogen-bond donors (Lipinski definition) is 1. The van der Waals surface area contributed by atoms with Crippen LogP contribution in [0.2, 0.25) is 0 Å². The predicted octanol–water partition coefficient (Wildman–Crippen LogP) is 8.83. The van der Waals surface area contributed by atoms with Crippen LogP contribution >= 0.6 is 0 Å². The molecule has 0 aromatic heterocycles. The van der Waals surface area contributed by atoms with Crippen molar-refractivity contribution < 1.29 is 18.3 Å². The second-order valence-electron chi connectivity index (χ2n) is 11.7. The maximum Gasteiger partial charge on any atom is 0.252 e. The molecule has 3 aromatic rings. The predicted molar refractivity (Wildman–Crippen MR) is 155 cm³/mol. The SMILES string of the molecule is CCCc1ccc(COc2cc(F)ccc2F)cc1C(=O)NC(CC(C)C)(CC(C)C)c1cc(C)cc(C)c1. The Morgan fingerprint density at radius 2 is 1.54 bits per heavy atom. The highest BCUT2D eigenvalue weighted by Crippen LogP contribution is 2.37. The van der Waals surface area contributed by atoms with Crippen LogP contribution in [0.15, 0.2) is 54.6 Å². The summed E-state index contributed by atoms with van der Waals surface area (Å²) in [5.74, 6) is -0.749. The van der Waals surface area contributed by atoms with Gasteiger partial charge in [0.25, 0.3) is 5.91 Å². The highest BCUT2D eigenvalue weighted by molar-refractivity contribution is 5.96. The fourth-order valence-corrected chi connectivity index (χ4v) is 5.58. The lowest BCUT2D eigenvalue weighted by Gasteiger charge is -2.39. The zero-order chi connectivity index (χ0) is 28.7. The maximum atomic E-state index is 14.1. The molecule has 0 heterocycles. The van der Waals surface area contributed by atoms with E-state index in [0.717, 1.165) is 55.0 Å². The van der Waals surface area contributed by atoms with E-state index in [0.29, 0.717) is 23.0 Å². The van der Waals surface area contributed by atoms with Crippen molar-refractivity contribution in [2.24, 2.45) is 11.8 Å². The van der Waals surface area contributed by atoms with Gasteiger partial charge in [0.1, 0.15) is 12.4 Å². The summed E-state index contributed by atoms with van der Waals surface area (Å²) in [5, 5.41) is 3.51. The maximum absolute atomic E-state index is 14.1. The molecular weight excluding hydrogens is 492 g/mol. The molecule has 1 amide bonds. The van der Waals surface area contributed by atoms with E-state index in [2.05, 4.69) is 72.0 Å². The summed E-state index contributed by atoms with van der Waals surface area (Å²) in [6.45, 7) is 15.1. The number of rotatable bonds is 12. The van der Waals surface area contributed by atoms with Crippen LogP contribution in [0.5, 0.6) is 5.75 Å². The van der Waals surface area contributed by atoms with E-state index in [1.165, 1.54) is 11.1 Å². The van der Waals surface area contributed by atoms with Crippen molar-refractivity contribution in [1.82, 2.24) is 5.32 Å². The monoisotopic (exact) mass is 535 g/mol. The Kier molecular flexibility index (Phi) is 10.3. The summed E-state index contributed by atoms with van der Waals surface area (Å²) in [4.78, 5) is 14.1. The van der Waals surface area contributed by atoms with E-state index >= 15 is 0 Å². The van der Waals surface area contributed by atoms with Crippen molar-refractivity contribution >= 4 is 5.91 Å². The summed E-state index contributed by atoms with van der Waals surface area (Å²) in [7, 11) is 0. The summed E-state index contributed by atoms with van der Waals surface area (Å²) >= 11 is 0. The van der Waals surface area contributed by atoms with Gasteiger partial charge in [-0.05, 0) is 79.8 Å². The lowest BCUT2D eigenvalue weighted by Crippen LogP contribution is -2.48. The molecule has 0 saturated heterocycles. The molecule has 3 aromatic carbocycles. The van der Waals surface area contributed by atoms with Gasteiger partial charge in [0, 0.05) is 11.6 Å². The van der Waals surface area contributed by atoms with Crippen LogP contribution in [0.3, 0.4) is 0 Å². The van der Waals surface area contributed by atoms with Crippen molar-refractivity contribution in [2.75, 3.05) is 0 Å². The van der Waals surface area contributed by atoms with E-state index < -0.39 is 17.2 Å². The second-order valence-corrected chi connectivity index (χ2v) is 11.7. The third kappa shape index (κ3) is 8.14. The Hall–Kier alpha value is -3.21. The number of amides is 1. The number of carbonyl (C=O) groups excluding carboxylic acids is 1. The number of ether oxygens (including phenoxy) is 1. The Morgan fingerprint density at radius 3 is 2.13 bits per heavy atom. The molecule has 3 rings (SSSR count). The third-order valence-electron chi connectivity index (χ3n) is 6.87. The van der Waals surface area contributed by atoms with Crippen molar-refractivity contribution in [2.45, 2.75) is 86.3 Å². The first-order valence-electron chi connectivity index (χ1n) is 14.0. The number of carbonyl (C=O) groups is 1. The Labute approximate surface area is 233 Å². The average Bonchev–Trinajstić information content (AvgIpc) is 2.84. The first-order chi connectivity index (χ1) is 18.4. The van der Waals surface area contributed by atoms with E-state index in [9.17, 15) is 13.6 Å². The molecule has 3 nitrogen and oxygen atoms in total. The molecule has 0 fully saturated rings. The standard InChI is InChI=1S/C34H43F2NO2/c1-8-9-27-11-10-26(21-39-32-18-29(35)12-13-31(32)36)17-30(27)33(38)37-34(19-22(2)3,20-23(4)5)28-15-24(6)14-25(7)16-28/h10-18,22-23H,8-9,19-21H2,1-7H3,(H,37,38). The summed E-state index contributed by atoms with van der Waals surface area (Å²) in [6, 6.07) is 15.3. The van der Waals surface area contributed by atoms with Crippen molar-refractivity contribution in [1.29, 1.82) is 0 Å². The Balaban J connectivity index is 2.01. The third-order valence-corrected chi connectivity index (χ3v) is 6.87. The fourth-order valence-electron chi connectivity index (χ4n) is 5.58. The van der Waals surface area contributed by atoms with E-state index in [-0.39, 0.29) is 18.3 Å². The molecule has 0 aliphatic heterocycles. The lowest BCUT2D eigenvalue weighted by atomic mass is 9.75. The van der Waals surface area contributed by atoms with Gasteiger partial charge >= 0.3 is 0 Å². The van der Waals surface area contributed by atoms with Crippen LogP contribution in [-0.2, 0) is 18.6 Å². The van der Waals surface area contributed by atoms with Crippen molar-refractivity contribution in [3.8, 4) is 5.75 Å². The number of nitrogens with one attached hydrogen (secondary N) is 1. The topological polar surface area (TPSA) is 38.3 Å². The summed E-state index contributed by atoms with van der Waals surface area (Å²) < 4.78 is 33.3. The van der Waals surface area contributed by atoms with Crippen molar-refractivity contribution in [3.05, 3.63) is 99.6 Å². The van der Waals surface area contributed by atoms with Crippen LogP contribution in [0.25, 0.3) is 0 Å². The van der Waals surface area contributed by atoms with E-state index in [1.807, 2.05) is 18.2 Å². The van der Waals surface area contributed by atoms with Gasteiger partial charge in [-0.15, -0.1) is 0 Å². The largest absolute Gasteiger partial charge is 0.486 e. The first-order valence-corrected chi connectivity index (χ1v) is 14.0. The van der Waals surface area contributed by atoms with Gasteiger partial charge < -0.3 is 10.1 Å². The minimum atomic E-state index is -0.627. The summed E-state index contributed by atoms with van der Waals surface area (Å²) in [5.41, 5.74) is 5.22. The van der Waals surface area contributed by atoms with Crippen LogP contribution < -0.4 is 10.1 Å². The zero-order valence-corrected chi connectivity index (χ0v) is 24.5. The van der Waals surface area contributed by atoms with E-state index in [4.69, 9.17) is 4.74 Å². The van der Waals surface area contributed by atoms with Gasteiger partial charge in [-0.25, -0.2) is 8.78 Å². The van der Waals surface area contributed by atoms with Gasteiger partial charge in [0.05, 0.1) is 5.54 Å². The van der Waals surface area contributed by atoms with Gasteiger partial charge in [0.15, 0.2) is 11.6 Å². The molecular formula is C34H43F2NO2. The lowest BCUT2D eigenvalue weighted by molar-refractivity contribution is 0.0861. The highest BCUT2D eigenvalue weighted by Gasteiger charge is 2.36. The normalized spacial score (nSPS) is 11.8. The molecule has 0 spiro atoms. The number of aryl methyl sites for hydroxylation is 3. The molecule has 210 valence electrons. The van der Waals surface area contributed by atoms with Crippen LogP contribution in [0.1, 0.15) is 92.1 Å². The molecule has 5 heteroatoms. The fraction of sp³-hybridized carbons (Fsp3) is 0.441. The zero-order valence-electron chi connectivity index (χ0n) is 24.5. The minimum Gasteiger partial charge on any atom is -0.486 e. The molecule has 0 atom stereocenters. The summed E-state index contributed by atoms with van der Waals surface area (Å²) in [6.07, 6.45) is 3.27. The average molecular weight is 536 g/mol. The minimum absolute atomic E-state index is 0.0211. The van der Waals surface area contributed by atoms with Gasteiger partial charge in [-0.1, -0.05) is 82.5 Å². The van der Waals surface area contributed by atoms with Crippen LogP contribution in [0.4, 0.5) is 8.78 Å². The Morgan fingerprint density at radius 1 is 0.897 bits per heavy atom. The molecule has 0 unspecified atom stereocenters. The Bertz CT molecular complexity index is 1250. The van der Waals surface area contributed by atoms with Gasteiger partial charge in [-0.2, -0.15) is 0 Å². The van der Waals surface area contributed by atoms with Crippen LogP contribution in [0, 0.1) is 37.3 Å². The molecule has 0 aliphatic rings. The smallest absolute Gasteiger partial charge is 0.252 e. The quantitative estimate of drug-likeness (QED) is 0.252. The molecule has 0 bridgehead atoms. The first kappa shape index (κ1) is 30.3. The van der Waals surface area contributed by atoms with Crippen LogP contribution in [-0.4, -0.2) is 5.91 Å². The van der Waals surface area contributed by atoms with Gasteiger partial charge in [0.2, 0.25) is 0 Å². The van der Waals surface area contributed by atoms with E-state index in [1.54, 1.807) is 0 Å². The number of hydrogen-bond acceptors (Lipinski definition) is 2. The highest BCUT2D eigenvalue weighted by atomic mass is 19.1. The van der Waals surface area contributed by atoms with Gasteiger partial charge in [-0.3, -0.25) is 4.79 Å². The molecule has 0 aliphatic carbocycles. The molecule has 39 heavy (non-hydrogen) atoms. The molecule has 0 radical (unpaired) electrons. The number of benzene rings is 3.